The number of aromatic nitrogens is 4. The van der Waals surface area contributed by atoms with Crippen molar-refractivity contribution >= 4 is 0 Å². The van der Waals surface area contributed by atoms with Crippen LogP contribution in [-0.2, 0) is 17.8 Å². The molecule has 2 aliphatic carbocycles. The van der Waals surface area contributed by atoms with Crippen molar-refractivity contribution in [2.45, 2.75) is 50.7 Å². The van der Waals surface area contributed by atoms with E-state index in [0.717, 1.165) is 30.8 Å². The van der Waals surface area contributed by atoms with Gasteiger partial charge < -0.3 is 9.26 Å². The number of aromatic amines is 1. The third-order valence-electron chi connectivity index (χ3n) is 3.81. The number of H-pyrrole nitrogens is 1. The quantitative estimate of drug-likeness (QED) is 0.912. The molecule has 0 saturated heterocycles. The highest BCUT2D eigenvalue weighted by molar-refractivity contribution is 5.21. The lowest BCUT2D eigenvalue weighted by Crippen LogP contribution is -2.12. The highest BCUT2D eigenvalue weighted by Gasteiger charge is 2.30. The first-order chi connectivity index (χ1) is 9.40. The van der Waals surface area contributed by atoms with Gasteiger partial charge in [0.1, 0.15) is 6.61 Å². The Bertz CT molecular complexity index is 573. The van der Waals surface area contributed by atoms with E-state index in [2.05, 4.69) is 20.3 Å². The molecule has 1 saturated carbocycles. The zero-order valence-corrected chi connectivity index (χ0v) is 10.6. The van der Waals surface area contributed by atoms with Crippen molar-refractivity contribution in [3.8, 4) is 0 Å². The molecule has 0 amide bonds. The average molecular weight is 260 g/mol. The van der Waals surface area contributed by atoms with Crippen molar-refractivity contribution in [3.05, 3.63) is 29.2 Å². The summed E-state index contributed by atoms with van der Waals surface area (Å²) >= 11 is 0. The van der Waals surface area contributed by atoms with E-state index in [1.165, 1.54) is 18.4 Å². The highest BCUT2D eigenvalue weighted by atomic mass is 16.5. The van der Waals surface area contributed by atoms with Gasteiger partial charge in [-0.1, -0.05) is 5.16 Å². The van der Waals surface area contributed by atoms with E-state index in [-0.39, 0.29) is 6.10 Å². The predicted octanol–water partition coefficient (Wildman–Crippen LogP) is 2.26. The molecule has 0 radical (unpaired) electrons. The van der Waals surface area contributed by atoms with Crippen LogP contribution in [0.15, 0.2) is 10.7 Å². The summed E-state index contributed by atoms with van der Waals surface area (Å²) in [5.41, 5.74) is 2.38. The number of aryl methyl sites for hydroxylation is 1. The lowest BCUT2D eigenvalue weighted by molar-refractivity contribution is 0.0210. The molecule has 2 aliphatic rings. The molecular weight excluding hydrogens is 244 g/mol. The standard InChI is InChI=1S/C13H16N4O2/c1-2-9-6-14-16-12(9)10(3-1)18-7-11-15-13(19-17-11)8-4-5-8/h6,8,10H,1-5,7H2,(H,14,16)/t10-/m0/s1. The maximum Gasteiger partial charge on any atom is 0.229 e. The molecule has 4 rings (SSSR count). The fourth-order valence-electron chi connectivity index (χ4n) is 2.59. The minimum atomic E-state index is 0.0779. The third kappa shape index (κ3) is 2.16. The molecule has 0 aromatic carbocycles. The topological polar surface area (TPSA) is 76.8 Å². The van der Waals surface area contributed by atoms with Gasteiger partial charge in [0.25, 0.3) is 0 Å². The van der Waals surface area contributed by atoms with Gasteiger partial charge in [-0.25, -0.2) is 0 Å². The number of nitrogens with one attached hydrogen (secondary N) is 1. The maximum absolute atomic E-state index is 5.91. The second-order valence-electron chi connectivity index (χ2n) is 5.32. The normalized spacial score (nSPS) is 22.4. The third-order valence-corrected chi connectivity index (χ3v) is 3.81. The molecule has 2 aromatic heterocycles. The molecule has 0 spiro atoms. The lowest BCUT2D eigenvalue weighted by Gasteiger charge is -2.21. The van der Waals surface area contributed by atoms with Crippen molar-refractivity contribution in [3.63, 3.8) is 0 Å². The molecule has 2 heterocycles. The fraction of sp³-hybridized carbons (Fsp3) is 0.615. The second-order valence-corrected chi connectivity index (χ2v) is 5.32. The van der Waals surface area contributed by atoms with Gasteiger partial charge in [-0.15, -0.1) is 0 Å². The molecule has 1 fully saturated rings. The summed E-state index contributed by atoms with van der Waals surface area (Å²) < 4.78 is 11.1. The number of hydrogen-bond donors (Lipinski definition) is 1. The van der Waals surface area contributed by atoms with Crippen LogP contribution >= 0.6 is 0 Å². The number of rotatable bonds is 4. The van der Waals surface area contributed by atoms with E-state index in [9.17, 15) is 0 Å². The van der Waals surface area contributed by atoms with Crippen LogP contribution in [0.3, 0.4) is 0 Å². The molecule has 19 heavy (non-hydrogen) atoms. The molecule has 0 bridgehead atoms. The Morgan fingerprint density at radius 1 is 1.37 bits per heavy atom. The first kappa shape index (κ1) is 11.2. The Hall–Kier alpha value is -1.69. The Morgan fingerprint density at radius 2 is 2.32 bits per heavy atom. The first-order valence-electron chi connectivity index (χ1n) is 6.86. The number of hydrogen-bond acceptors (Lipinski definition) is 5. The molecular formula is C13H16N4O2. The van der Waals surface area contributed by atoms with Crippen LogP contribution in [-0.4, -0.2) is 20.3 Å². The van der Waals surface area contributed by atoms with Gasteiger partial charge in [0, 0.05) is 5.92 Å². The summed E-state index contributed by atoms with van der Waals surface area (Å²) in [6, 6.07) is 0. The van der Waals surface area contributed by atoms with Gasteiger partial charge in [-0.3, -0.25) is 5.10 Å². The SMILES string of the molecule is c1n[nH]c2c1CCC[C@@H]2OCc1noc(C2CC2)n1. The van der Waals surface area contributed by atoms with E-state index in [1.54, 1.807) is 0 Å². The van der Waals surface area contributed by atoms with Crippen molar-refractivity contribution < 1.29 is 9.26 Å². The zero-order chi connectivity index (χ0) is 12.7. The average Bonchev–Trinajstić information content (AvgIpc) is 3.00. The van der Waals surface area contributed by atoms with E-state index >= 15 is 0 Å². The molecule has 6 heteroatoms. The van der Waals surface area contributed by atoms with E-state index < -0.39 is 0 Å². The van der Waals surface area contributed by atoms with Gasteiger partial charge in [-0.05, 0) is 37.7 Å². The van der Waals surface area contributed by atoms with Gasteiger partial charge in [0.05, 0.1) is 18.0 Å². The fourth-order valence-corrected chi connectivity index (χ4v) is 2.59. The van der Waals surface area contributed by atoms with Crippen LogP contribution in [0.2, 0.25) is 0 Å². The van der Waals surface area contributed by atoms with Gasteiger partial charge >= 0.3 is 0 Å². The summed E-state index contributed by atoms with van der Waals surface area (Å²) in [6.07, 6.45) is 7.54. The van der Waals surface area contributed by atoms with Crippen molar-refractivity contribution in [2.75, 3.05) is 0 Å². The van der Waals surface area contributed by atoms with Crippen LogP contribution in [0.25, 0.3) is 0 Å². The van der Waals surface area contributed by atoms with Crippen LogP contribution in [0.4, 0.5) is 0 Å². The Labute approximate surface area is 110 Å². The molecule has 2 aromatic rings. The smallest absolute Gasteiger partial charge is 0.229 e. The van der Waals surface area contributed by atoms with E-state index in [0.29, 0.717) is 18.3 Å². The molecule has 0 unspecified atom stereocenters. The summed E-state index contributed by atoms with van der Waals surface area (Å²) in [7, 11) is 0. The molecule has 1 atom stereocenters. The second kappa shape index (κ2) is 4.45. The van der Waals surface area contributed by atoms with Crippen molar-refractivity contribution in [1.82, 2.24) is 20.3 Å². The summed E-state index contributed by atoms with van der Waals surface area (Å²) in [5, 5.41) is 11.1. The highest BCUT2D eigenvalue weighted by Crippen LogP contribution is 2.39. The number of ether oxygens (including phenoxy) is 1. The number of nitrogens with zero attached hydrogens (tertiary/aromatic N) is 3. The van der Waals surface area contributed by atoms with Crippen LogP contribution in [0, 0.1) is 0 Å². The van der Waals surface area contributed by atoms with Gasteiger partial charge in [-0.2, -0.15) is 10.1 Å². The minimum Gasteiger partial charge on any atom is -0.364 e. The summed E-state index contributed by atoms with van der Waals surface area (Å²) in [4.78, 5) is 4.37. The largest absolute Gasteiger partial charge is 0.364 e. The molecule has 6 nitrogen and oxygen atoms in total. The summed E-state index contributed by atoms with van der Waals surface area (Å²) in [5.74, 6) is 1.91. The van der Waals surface area contributed by atoms with Crippen LogP contribution in [0.1, 0.15) is 60.7 Å². The lowest BCUT2D eigenvalue weighted by atomic mass is 9.96. The molecule has 0 aliphatic heterocycles. The Morgan fingerprint density at radius 3 is 3.21 bits per heavy atom. The predicted molar refractivity (Wildman–Crippen MR) is 65.3 cm³/mol. The Balaban J connectivity index is 1.42. The van der Waals surface area contributed by atoms with Crippen LogP contribution in [0.5, 0.6) is 0 Å². The molecule has 100 valence electrons. The van der Waals surface area contributed by atoms with Crippen molar-refractivity contribution in [1.29, 1.82) is 0 Å². The Kier molecular flexibility index (Phi) is 2.61. The monoisotopic (exact) mass is 260 g/mol. The van der Waals surface area contributed by atoms with Gasteiger partial charge in [0.2, 0.25) is 5.89 Å². The van der Waals surface area contributed by atoms with Crippen molar-refractivity contribution in [2.24, 2.45) is 0 Å². The van der Waals surface area contributed by atoms with Gasteiger partial charge in [0.15, 0.2) is 5.82 Å². The minimum absolute atomic E-state index is 0.0779. The molecule has 1 N–H and O–H groups in total. The zero-order valence-electron chi connectivity index (χ0n) is 10.6. The summed E-state index contributed by atoms with van der Waals surface area (Å²) in [6.45, 7) is 0.402. The van der Waals surface area contributed by atoms with Crippen LogP contribution < -0.4 is 0 Å². The van der Waals surface area contributed by atoms with E-state index in [4.69, 9.17) is 9.26 Å². The number of fused-ring (bicyclic) bond motifs is 1. The maximum atomic E-state index is 5.91. The first-order valence-corrected chi connectivity index (χ1v) is 6.86. The van der Waals surface area contributed by atoms with E-state index in [1.807, 2.05) is 6.20 Å².